The third kappa shape index (κ3) is 3.22. The minimum Gasteiger partial charge on any atom is -0.463 e. The van der Waals surface area contributed by atoms with Crippen molar-refractivity contribution in [2.75, 3.05) is 24.3 Å². The summed E-state index contributed by atoms with van der Waals surface area (Å²) in [5.41, 5.74) is 0. The van der Waals surface area contributed by atoms with Gasteiger partial charge in [-0.2, -0.15) is 0 Å². The van der Waals surface area contributed by atoms with Gasteiger partial charge in [0.15, 0.2) is 5.12 Å². The second-order valence-electron chi connectivity index (χ2n) is 4.51. The highest BCUT2D eigenvalue weighted by atomic mass is 32.2. The molecular weight excluding hydrogens is 282 g/mol. The van der Waals surface area contributed by atoms with Crippen LogP contribution in [0, 0.1) is 5.92 Å². The van der Waals surface area contributed by atoms with E-state index in [1.807, 2.05) is 0 Å². The Morgan fingerprint density at radius 2 is 2.25 bits per heavy atom. The largest absolute Gasteiger partial charge is 0.463 e. The lowest BCUT2D eigenvalue weighted by Gasteiger charge is -2.12. The number of anilines is 1. The van der Waals surface area contributed by atoms with E-state index in [0.717, 1.165) is 0 Å². The van der Waals surface area contributed by atoms with Crippen LogP contribution in [0.4, 0.5) is 5.88 Å². The first-order valence-electron chi connectivity index (χ1n) is 6.13. The minimum atomic E-state index is -0.577. The molecule has 0 N–H and O–H groups in total. The summed E-state index contributed by atoms with van der Waals surface area (Å²) in [7, 11) is 1.26. The highest BCUT2D eigenvalue weighted by Gasteiger charge is 2.32. The van der Waals surface area contributed by atoms with Crippen LogP contribution < -0.4 is 4.90 Å². The van der Waals surface area contributed by atoms with Gasteiger partial charge < -0.3 is 9.15 Å². The van der Waals surface area contributed by atoms with Crippen LogP contribution in [0.3, 0.4) is 0 Å². The van der Waals surface area contributed by atoms with Gasteiger partial charge in [0.25, 0.3) is 0 Å². The summed E-state index contributed by atoms with van der Waals surface area (Å²) in [6.07, 6.45) is 0.383. The van der Waals surface area contributed by atoms with Crippen LogP contribution in [-0.2, 0) is 14.3 Å². The van der Waals surface area contributed by atoms with Crippen LogP contribution in [0.1, 0.15) is 23.9 Å². The van der Waals surface area contributed by atoms with Crippen molar-refractivity contribution in [3.8, 4) is 0 Å². The first-order chi connectivity index (χ1) is 9.51. The van der Waals surface area contributed by atoms with Gasteiger partial charge in [-0.05, 0) is 12.0 Å². The van der Waals surface area contributed by atoms with Crippen LogP contribution in [0.2, 0.25) is 0 Å². The number of rotatable bonds is 4. The van der Waals surface area contributed by atoms with Gasteiger partial charge in [-0.25, -0.2) is 4.79 Å². The van der Waals surface area contributed by atoms with E-state index in [9.17, 15) is 14.4 Å². The summed E-state index contributed by atoms with van der Waals surface area (Å²) in [5, 5.41) is 0.0434. The number of esters is 1. The predicted molar refractivity (Wildman–Crippen MR) is 73.6 cm³/mol. The molecule has 2 rings (SSSR count). The van der Waals surface area contributed by atoms with E-state index >= 15 is 0 Å². The molecule has 6 nitrogen and oxygen atoms in total. The fourth-order valence-electron chi connectivity index (χ4n) is 2.02. The molecule has 1 atom stereocenters. The summed E-state index contributed by atoms with van der Waals surface area (Å²) in [6.45, 7) is 2.00. The smallest absolute Gasteiger partial charge is 0.374 e. The van der Waals surface area contributed by atoms with Gasteiger partial charge in [0.1, 0.15) is 0 Å². The van der Waals surface area contributed by atoms with Crippen molar-refractivity contribution in [2.45, 2.75) is 13.3 Å². The van der Waals surface area contributed by atoms with Crippen molar-refractivity contribution < 1.29 is 23.5 Å². The summed E-state index contributed by atoms with van der Waals surface area (Å²) < 4.78 is 9.87. The Morgan fingerprint density at radius 1 is 1.50 bits per heavy atom. The van der Waals surface area contributed by atoms with E-state index in [1.165, 1.54) is 36.8 Å². The summed E-state index contributed by atoms with van der Waals surface area (Å²) >= 11 is 1.22. The van der Waals surface area contributed by atoms with Crippen LogP contribution in [0.5, 0.6) is 0 Å². The molecule has 108 valence electrons. The van der Waals surface area contributed by atoms with Gasteiger partial charge in [0.05, 0.1) is 7.11 Å². The van der Waals surface area contributed by atoms with Crippen molar-refractivity contribution in [3.05, 3.63) is 17.9 Å². The topological polar surface area (TPSA) is 76.8 Å². The number of hydrogen-bond donors (Lipinski definition) is 0. The Bertz CT molecular complexity index is 539. The third-order valence-corrected chi connectivity index (χ3v) is 4.02. The zero-order chi connectivity index (χ0) is 14.7. The zero-order valence-corrected chi connectivity index (χ0v) is 12.1. The second kappa shape index (κ2) is 6.13. The molecule has 1 fully saturated rings. The Hall–Kier alpha value is -1.76. The fraction of sp³-hybridized carbons (Fsp3) is 0.462. The average molecular weight is 297 g/mol. The van der Waals surface area contributed by atoms with E-state index in [4.69, 9.17) is 4.42 Å². The Labute approximate surface area is 120 Å². The maximum Gasteiger partial charge on any atom is 0.374 e. The van der Waals surface area contributed by atoms with Crippen LogP contribution in [0.15, 0.2) is 16.5 Å². The Morgan fingerprint density at radius 3 is 2.90 bits per heavy atom. The van der Waals surface area contributed by atoms with E-state index in [2.05, 4.69) is 4.74 Å². The standard InChI is InChI=1S/C13H15NO5S/c1-8(15)20-7-9-5-11(16)14(6-9)12-4-3-10(19-12)13(17)18-2/h3-4,9H,5-7H2,1-2H3. The van der Waals surface area contributed by atoms with E-state index in [1.54, 1.807) is 6.07 Å². The first-order valence-corrected chi connectivity index (χ1v) is 7.11. The number of amides is 1. The summed E-state index contributed by atoms with van der Waals surface area (Å²) in [6, 6.07) is 3.05. The van der Waals surface area contributed by atoms with Crippen molar-refractivity contribution >= 4 is 34.6 Å². The number of carbonyl (C=O) groups is 3. The number of thioether (sulfide) groups is 1. The molecule has 1 saturated heterocycles. The van der Waals surface area contributed by atoms with E-state index in [-0.39, 0.29) is 22.7 Å². The highest BCUT2D eigenvalue weighted by molar-refractivity contribution is 8.13. The minimum absolute atomic E-state index is 0.0434. The lowest BCUT2D eigenvalue weighted by atomic mass is 10.1. The zero-order valence-electron chi connectivity index (χ0n) is 11.3. The number of furan rings is 1. The maximum atomic E-state index is 11.9. The van der Waals surface area contributed by atoms with E-state index in [0.29, 0.717) is 24.6 Å². The van der Waals surface area contributed by atoms with Gasteiger partial charge in [-0.15, -0.1) is 0 Å². The molecule has 1 aliphatic rings. The second-order valence-corrected chi connectivity index (χ2v) is 5.70. The number of carbonyl (C=O) groups excluding carboxylic acids is 3. The molecule has 0 aliphatic carbocycles. The van der Waals surface area contributed by atoms with Crippen LogP contribution in [-0.4, -0.2) is 36.4 Å². The van der Waals surface area contributed by atoms with Crippen molar-refractivity contribution in [1.29, 1.82) is 0 Å². The number of nitrogens with zero attached hydrogens (tertiary/aromatic N) is 1. The van der Waals surface area contributed by atoms with Crippen molar-refractivity contribution in [1.82, 2.24) is 0 Å². The molecular formula is C13H15NO5S. The molecule has 2 heterocycles. The number of ether oxygens (including phenoxy) is 1. The molecule has 20 heavy (non-hydrogen) atoms. The number of methoxy groups -OCH3 is 1. The number of hydrogen-bond acceptors (Lipinski definition) is 6. The fourth-order valence-corrected chi connectivity index (χ4v) is 2.72. The molecule has 7 heteroatoms. The molecule has 0 aromatic carbocycles. The van der Waals surface area contributed by atoms with Crippen molar-refractivity contribution in [2.24, 2.45) is 5.92 Å². The molecule has 0 saturated carbocycles. The summed E-state index contributed by atoms with van der Waals surface area (Å²) in [4.78, 5) is 35.7. The molecule has 1 aromatic heterocycles. The van der Waals surface area contributed by atoms with Gasteiger partial charge in [0, 0.05) is 31.7 Å². The van der Waals surface area contributed by atoms with Gasteiger partial charge in [-0.1, -0.05) is 11.8 Å². The average Bonchev–Trinajstić information content (AvgIpc) is 3.01. The Kier molecular flexibility index (Phi) is 4.49. The Balaban J connectivity index is 2.02. The maximum absolute atomic E-state index is 11.9. The van der Waals surface area contributed by atoms with Crippen molar-refractivity contribution in [3.63, 3.8) is 0 Å². The molecule has 0 spiro atoms. The van der Waals surface area contributed by atoms with E-state index < -0.39 is 5.97 Å². The lowest BCUT2D eigenvalue weighted by Crippen LogP contribution is -2.24. The molecule has 1 aliphatic heterocycles. The van der Waals surface area contributed by atoms with Gasteiger partial charge in [-0.3, -0.25) is 14.5 Å². The quantitative estimate of drug-likeness (QED) is 0.787. The molecule has 1 unspecified atom stereocenters. The highest BCUT2D eigenvalue weighted by Crippen LogP contribution is 2.29. The monoisotopic (exact) mass is 297 g/mol. The van der Waals surface area contributed by atoms with Crippen LogP contribution >= 0.6 is 11.8 Å². The molecule has 1 aromatic rings. The first kappa shape index (κ1) is 14.6. The normalized spacial score (nSPS) is 18.4. The molecule has 0 bridgehead atoms. The lowest BCUT2D eigenvalue weighted by molar-refractivity contribution is -0.117. The molecule has 0 radical (unpaired) electrons. The summed E-state index contributed by atoms with van der Waals surface area (Å²) in [5.74, 6) is 0.490. The third-order valence-electron chi connectivity index (χ3n) is 2.97. The predicted octanol–water partition coefficient (Wildman–Crippen LogP) is 1.70. The SMILES string of the molecule is COC(=O)c1ccc(N2CC(CSC(C)=O)CC2=O)o1. The molecule has 1 amide bonds. The van der Waals surface area contributed by atoms with Gasteiger partial charge >= 0.3 is 5.97 Å². The van der Waals surface area contributed by atoms with Gasteiger partial charge in [0.2, 0.25) is 17.6 Å². The van der Waals surface area contributed by atoms with Crippen LogP contribution in [0.25, 0.3) is 0 Å².